The maximum Gasteiger partial charge on any atom is 0.279 e. The van der Waals surface area contributed by atoms with E-state index in [1.165, 1.54) is 0 Å². The van der Waals surface area contributed by atoms with Crippen LogP contribution in [0.25, 0.3) is 6.08 Å². The predicted molar refractivity (Wildman–Crippen MR) is 63.7 cm³/mol. The Balaban J connectivity index is 3.36. The quantitative estimate of drug-likeness (QED) is 0.610. The Morgan fingerprint density at radius 1 is 1.50 bits per heavy atom. The number of hydrogen-bond donors (Lipinski definition) is 0. The minimum Gasteiger partial charge on any atom is -0.258 e. The number of hydrogen-bond acceptors (Lipinski definition) is 2. The number of benzene rings is 1. The minimum absolute atomic E-state index is 0.143. The summed E-state index contributed by atoms with van der Waals surface area (Å²) in [5, 5.41) is 10.8. The average Bonchev–Trinajstić information content (AvgIpc) is 2.01. The highest BCUT2D eigenvalue weighted by Crippen LogP contribution is 2.27. The number of halogens is 2. The number of nitrogens with zero attached hydrogens (tertiary/aromatic N) is 1. The van der Waals surface area contributed by atoms with E-state index in [0.29, 0.717) is 14.5 Å². The van der Waals surface area contributed by atoms with Gasteiger partial charge in [-0.05, 0) is 50.9 Å². The summed E-state index contributed by atoms with van der Waals surface area (Å²) in [7, 11) is 0. The van der Waals surface area contributed by atoms with Crippen molar-refractivity contribution in [3.05, 3.63) is 42.8 Å². The van der Waals surface area contributed by atoms with E-state index in [9.17, 15) is 10.1 Å². The Labute approximate surface area is 98.2 Å². The lowest BCUT2D eigenvalue weighted by molar-refractivity contribution is -0.385. The summed E-state index contributed by atoms with van der Waals surface area (Å²) in [5.41, 5.74) is 1.38. The molecule has 0 aliphatic rings. The average molecular weight is 321 g/mol. The lowest BCUT2D eigenvalue weighted by atomic mass is 10.1. The summed E-state index contributed by atoms with van der Waals surface area (Å²) in [6.07, 6.45) is 1.66. The first-order valence-electron chi connectivity index (χ1n) is 3.79. The van der Waals surface area contributed by atoms with Crippen LogP contribution in [0.4, 0.5) is 5.69 Å². The SMILES string of the molecule is Cc1cccc(C=C(Br)Br)c1[N+](=O)[O-]. The molecule has 0 aliphatic heterocycles. The van der Waals surface area contributed by atoms with Crippen molar-refractivity contribution in [1.82, 2.24) is 0 Å². The van der Waals surface area contributed by atoms with Gasteiger partial charge in [-0.2, -0.15) is 0 Å². The van der Waals surface area contributed by atoms with Crippen LogP contribution in [0.2, 0.25) is 0 Å². The molecule has 0 N–H and O–H groups in total. The number of aryl methyl sites for hydroxylation is 1. The summed E-state index contributed by atoms with van der Waals surface area (Å²) in [6, 6.07) is 5.21. The van der Waals surface area contributed by atoms with Gasteiger partial charge in [0.25, 0.3) is 5.69 Å². The topological polar surface area (TPSA) is 43.1 Å². The van der Waals surface area contributed by atoms with Gasteiger partial charge in [0.1, 0.15) is 0 Å². The highest BCUT2D eigenvalue weighted by Gasteiger charge is 2.14. The second-order valence-corrected chi connectivity index (χ2v) is 5.48. The van der Waals surface area contributed by atoms with E-state index in [2.05, 4.69) is 31.9 Å². The van der Waals surface area contributed by atoms with Gasteiger partial charge in [0.2, 0.25) is 0 Å². The van der Waals surface area contributed by atoms with Gasteiger partial charge in [0.05, 0.1) is 13.9 Å². The van der Waals surface area contributed by atoms with Crippen molar-refractivity contribution in [1.29, 1.82) is 0 Å². The van der Waals surface area contributed by atoms with Gasteiger partial charge in [-0.1, -0.05) is 12.1 Å². The molecule has 0 radical (unpaired) electrons. The highest BCUT2D eigenvalue weighted by molar-refractivity contribution is 9.28. The molecule has 74 valence electrons. The molecule has 0 saturated carbocycles. The molecule has 0 fully saturated rings. The zero-order chi connectivity index (χ0) is 10.7. The molecule has 0 unspecified atom stereocenters. The molecule has 5 heteroatoms. The van der Waals surface area contributed by atoms with Gasteiger partial charge < -0.3 is 0 Å². The van der Waals surface area contributed by atoms with Crippen molar-refractivity contribution in [3.8, 4) is 0 Å². The third-order valence-corrected chi connectivity index (χ3v) is 2.17. The molecule has 0 heterocycles. The summed E-state index contributed by atoms with van der Waals surface area (Å²) in [4.78, 5) is 10.4. The lowest BCUT2D eigenvalue weighted by Crippen LogP contribution is -1.94. The molecule has 1 rings (SSSR count). The fourth-order valence-corrected chi connectivity index (χ4v) is 1.66. The second kappa shape index (κ2) is 4.70. The number of nitro benzene ring substituents is 1. The predicted octanol–water partition coefficient (Wildman–Crippen LogP) is 3.99. The summed E-state index contributed by atoms with van der Waals surface area (Å²) >= 11 is 6.35. The first-order chi connectivity index (χ1) is 6.52. The van der Waals surface area contributed by atoms with E-state index in [4.69, 9.17) is 0 Å². The van der Waals surface area contributed by atoms with Crippen molar-refractivity contribution < 1.29 is 4.92 Å². The first-order valence-corrected chi connectivity index (χ1v) is 5.37. The van der Waals surface area contributed by atoms with Crippen LogP contribution in [0.1, 0.15) is 11.1 Å². The first kappa shape index (κ1) is 11.4. The molecule has 1 aromatic rings. The van der Waals surface area contributed by atoms with E-state index in [-0.39, 0.29) is 10.6 Å². The molecule has 0 aliphatic carbocycles. The molecule has 0 atom stereocenters. The van der Waals surface area contributed by atoms with Crippen LogP contribution < -0.4 is 0 Å². The van der Waals surface area contributed by atoms with Crippen LogP contribution in [0.3, 0.4) is 0 Å². The summed E-state index contributed by atoms with van der Waals surface area (Å²) in [6.45, 7) is 1.72. The molecule has 0 bridgehead atoms. The van der Waals surface area contributed by atoms with E-state index >= 15 is 0 Å². The van der Waals surface area contributed by atoms with Crippen LogP contribution >= 0.6 is 31.9 Å². The Kier molecular flexibility index (Phi) is 3.83. The Hall–Kier alpha value is -0.680. The van der Waals surface area contributed by atoms with E-state index in [1.54, 1.807) is 31.2 Å². The summed E-state index contributed by atoms with van der Waals surface area (Å²) < 4.78 is 0.679. The minimum atomic E-state index is -0.371. The van der Waals surface area contributed by atoms with Crippen molar-refractivity contribution in [2.45, 2.75) is 6.92 Å². The van der Waals surface area contributed by atoms with Gasteiger partial charge >= 0.3 is 0 Å². The Morgan fingerprint density at radius 2 is 2.14 bits per heavy atom. The van der Waals surface area contributed by atoms with Gasteiger partial charge in [-0.15, -0.1) is 0 Å². The molecule has 0 saturated heterocycles. The molecule has 0 amide bonds. The standard InChI is InChI=1S/C9H7Br2NO2/c1-6-3-2-4-7(5-8(10)11)9(6)12(13)14/h2-5H,1H3. The van der Waals surface area contributed by atoms with Crippen LogP contribution in [0.15, 0.2) is 21.6 Å². The van der Waals surface area contributed by atoms with Crippen LogP contribution in [-0.2, 0) is 0 Å². The Bertz CT molecular complexity index is 398. The molecular weight excluding hydrogens is 314 g/mol. The molecule has 1 aromatic carbocycles. The van der Waals surface area contributed by atoms with E-state index in [0.717, 1.165) is 0 Å². The van der Waals surface area contributed by atoms with Crippen molar-refractivity contribution in [2.75, 3.05) is 0 Å². The number of rotatable bonds is 2. The monoisotopic (exact) mass is 319 g/mol. The largest absolute Gasteiger partial charge is 0.279 e. The zero-order valence-corrected chi connectivity index (χ0v) is 10.5. The number of nitro groups is 1. The third kappa shape index (κ3) is 2.65. The second-order valence-electron chi connectivity index (χ2n) is 2.70. The van der Waals surface area contributed by atoms with Crippen LogP contribution in [0.5, 0.6) is 0 Å². The van der Waals surface area contributed by atoms with Crippen LogP contribution in [0, 0.1) is 17.0 Å². The van der Waals surface area contributed by atoms with Crippen molar-refractivity contribution in [2.24, 2.45) is 0 Å². The molecule has 0 aromatic heterocycles. The van der Waals surface area contributed by atoms with Crippen molar-refractivity contribution >= 4 is 43.6 Å². The smallest absolute Gasteiger partial charge is 0.258 e. The summed E-state index contributed by atoms with van der Waals surface area (Å²) in [5.74, 6) is 0. The van der Waals surface area contributed by atoms with Gasteiger partial charge in [0.15, 0.2) is 0 Å². The third-order valence-electron chi connectivity index (χ3n) is 1.72. The highest BCUT2D eigenvalue weighted by atomic mass is 79.9. The molecule has 3 nitrogen and oxygen atoms in total. The van der Waals surface area contributed by atoms with E-state index in [1.807, 2.05) is 0 Å². The maximum atomic E-state index is 10.8. The molecule has 0 spiro atoms. The van der Waals surface area contributed by atoms with Gasteiger partial charge in [-0.25, -0.2) is 0 Å². The fourth-order valence-electron chi connectivity index (χ4n) is 1.17. The molecule has 14 heavy (non-hydrogen) atoms. The Morgan fingerprint density at radius 3 is 2.64 bits per heavy atom. The fraction of sp³-hybridized carbons (Fsp3) is 0.111. The van der Waals surface area contributed by atoms with Gasteiger partial charge in [0, 0.05) is 5.56 Å². The molecular formula is C9H7Br2NO2. The maximum absolute atomic E-state index is 10.8. The lowest BCUT2D eigenvalue weighted by Gasteiger charge is -2.00. The van der Waals surface area contributed by atoms with Gasteiger partial charge in [-0.3, -0.25) is 10.1 Å². The zero-order valence-electron chi connectivity index (χ0n) is 7.33. The van der Waals surface area contributed by atoms with Crippen molar-refractivity contribution in [3.63, 3.8) is 0 Å². The van der Waals surface area contributed by atoms with E-state index < -0.39 is 0 Å². The van der Waals surface area contributed by atoms with Crippen LogP contribution in [-0.4, -0.2) is 4.92 Å². The number of para-hydroxylation sites is 1. The normalized spacial score (nSPS) is 9.64.